The number of nitrogens with zero attached hydrogens (tertiary/aromatic N) is 4. The number of para-hydroxylation sites is 1. The molecule has 0 N–H and O–H groups in total. The number of benzene rings is 1. The van der Waals surface area contributed by atoms with Gasteiger partial charge < -0.3 is 14.2 Å². The summed E-state index contributed by atoms with van der Waals surface area (Å²) in [5.41, 5.74) is 2.94. The summed E-state index contributed by atoms with van der Waals surface area (Å²) in [5.74, 6) is 2.37. The second kappa shape index (κ2) is 8.00. The number of amides is 1. The van der Waals surface area contributed by atoms with Crippen molar-refractivity contribution in [2.24, 2.45) is 0 Å². The number of ether oxygens (including phenoxy) is 1. The van der Waals surface area contributed by atoms with E-state index in [1.165, 1.54) is 0 Å². The van der Waals surface area contributed by atoms with Crippen molar-refractivity contribution in [1.29, 1.82) is 0 Å². The van der Waals surface area contributed by atoms with Crippen LogP contribution in [-0.2, 0) is 17.8 Å². The molecule has 1 aliphatic rings. The number of carbonyl (C=O) groups excluding carboxylic acids is 1. The quantitative estimate of drug-likeness (QED) is 0.660. The van der Waals surface area contributed by atoms with Crippen molar-refractivity contribution >= 4 is 17.1 Å². The Bertz CT molecular complexity index is 982. The summed E-state index contributed by atoms with van der Waals surface area (Å²) in [5, 5.41) is 0. The van der Waals surface area contributed by atoms with Gasteiger partial charge in [-0.3, -0.25) is 4.79 Å². The van der Waals surface area contributed by atoms with Crippen LogP contribution in [0.3, 0.4) is 0 Å². The van der Waals surface area contributed by atoms with Gasteiger partial charge in [-0.05, 0) is 43.5 Å². The number of imidazole rings is 1. The number of hydrogen-bond acceptors (Lipinski definition) is 4. The molecule has 6 heteroatoms. The molecule has 0 saturated carbocycles. The summed E-state index contributed by atoms with van der Waals surface area (Å²) in [7, 11) is 1.67. The average Bonchev–Trinajstić information content (AvgIpc) is 3.36. The molecule has 1 aliphatic heterocycles. The van der Waals surface area contributed by atoms with Gasteiger partial charge in [-0.1, -0.05) is 18.2 Å². The Morgan fingerprint density at radius 2 is 2.11 bits per heavy atom. The first-order valence-corrected chi connectivity index (χ1v) is 9.92. The number of carbonyl (C=O) groups is 1. The Kier molecular flexibility index (Phi) is 5.28. The lowest BCUT2D eigenvalue weighted by molar-refractivity contribution is -0.130. The highest BCUT2D eigenvalue weighted by atomic mass is 16.5. The topological polar surface area (TPSA) is 60.2 Å². The molecule has 2 aromatic heterocycles. The van der Waals surface area contributed by atoms with Crippen molar-refractivity contribution in [2.45, 2.75) is 38.6 Å². The summed E-state index contributed by atoms with van der Waals surface area (Å²) in [6.45, 7) is 4.47. The van der Waals surface area contributed by atoms with Crippen molar-refractivity contribution in [3.8, 4) is 5.75 Å². The van der Waals surface area contributed by atoms with E-state index < -0.39 is 0 Å². The molecular formula is C22H26N4O2. The van der Waals surface area contributed by atoms with E-state index >= 15 is 0 Å². The van der Waals surface area contributed by atoms with E-state index in [0.717, 1.165) is 54.4 Å². The minimum Gasteiger partial charge on any atom is -0.496 e. The smallest absolute Gasteiger partial charge is 0.222 e. The number of aryl methyl sites for hydroxylation is 2. The molecule has 0 spiro atoms. The van der Waals surface area contributed by atoms with Crippen molar-refractivity contribution in [1.82, 2.24) is 19.4 Å². The molecule has 0 aliphatic carbocycles. The van der Waals surface area contributed by atoms with Crippen molar-refractivity contribution in [3.63, 3.8) is 0 Å². The van der Waals surface area contributed by atoms with Crippen LogP contribution in [0.25, 0.3) is 11.2 Å². The first-order valence-electron chi connectivity index (χ1n) is 9.92. The van der Waals surface area contributed by atoms with Gasteiger partial charge in [0.15, 0.2) is 5.65 Å². The maximum Gasteiger partial charge on any atom is 0.222 e. The highest BCUT2D eigenvalue weighted by molar-refractivity contribution is 5.77. The lowest BCUT2D eigenvalue weighted by atomic mass is 10.1. The van der Waals surface area contributed by atoms with Gasteiger partial charge in [0.2, 0.25) is 5.91 Å². The van der Waals surface area contributed by atoms with Crippen LogP contribution in [0.15, 0.2) is 42.6 Å². The van der Waals surface area contributed by atoms with E-state index in [0.29, 0.717) is 12.8 Å². The number of hydrogen-bond donors (Lipinski definition) is 0. The largest absolute Gasteiger partial charge is 0.496 e. The van der Waals surface area contributed by atoms with E-state index in [4.69, 9.17) is 9.72 Å². The molecule has 0 unspecified atom stereocenters. The maximum absolute atomic E-state index is 12.8. The first kappa shape index (κ1) is 18.5. The SMILES string of the molecule is CCn1c([C@H]2CCN(C(=O)CCc3ccccc3OC)C2)nc2cccnc21. The molecule has 3 heterocycles. The molecule has 1 aromatic carbocycles. The molecular weight excluding hydrogens is 352 g/mol. The standard InChI is InChI=1S/C22H26N4O2/c1-3-26-21(24-18-8-6-13-23-22(18)26)17-12-14-25(15-17)20(27)11-10-16-7-4-5-9-19(16)28-2/h4-9,13,17H,3,10-12,14-15H2,1-2H3/t17-/m0/s1. The van der Waals surface area contributed by atoms with Gasteiger partial charge in [0.05, 0.1) is 7.11 Å². The minimum atomic E-state index is 0.200. The fourth-order valence-electron chi connectivity index (χ4n) is 4.11. The van der Waals surface area contributed by atoms with E-state index in [9.17, 15) is 4.79 Å². The normalized spacial score (nSPS) is 16.6. The zero-order valence-electron chi connectivity index (χ0n) is 16.5. The molecule has 0 bridgehead atoms. The Balaban J connectivity index is 1.43. The zero-order valence-corrected chi connectivity index (χ0v) is 16.5. The summed E-state index contributed by atoms with van der Waals surface area (Å²) < 4.78 is 7.57. The van der Waals surface area contributed by atoms with Crippen LogP contribution in [0.1, 0.15) is 37.1 Å². The Hall–Kier alpha value is -2.89. The van der Waals surface area contributed by atoms with Crippen LogP contribution in [0, 0.1) is 0 Å². The average molecular weight is 378 g/mol. The molecule has 3 aromatic rings. The lowest BCUT2D eigenvalue weighted by Gasteiger charge is -2.17. The fourth-order valence-corrected chi connectivity index (χ4v) is 4.11. The lowest BCUT2D eigenvalue weighted by Crippen LogP contribution is -2.29. The van der Waals surface area contributed by atoms with Gasteiger partial charge in [-0.25, -0.2) is 9.97 Å². The maximum atomic E-state index is 12.8. The number of methoxy groups -OCH3 is 1. The number of aromatic nitrogens is 3. The molecule has 1 fully saturated rings. The van der Waals surface area contributed by atoms with Gasteiger partial charge in [0, 0.05) is 38.2 Å². The molecule has 146 valence electrons. The molecule has 1 amide bonds. The van der Waals surface area contributed by atoms with E-state index in [-0.39, 0.29) is 11.8 Å². The van der Waals surface area contributed by atoms with E-state index in [2.05, 4.69) is 16.5 Å². The molecule has 1 saturated heterocycles. The highest BCUT2D eigenvalue weighted by Gasteiger charge is 2.30. The summed E-state index contributed by atoms with van der Waals surface area (Å²) in [6, 6.07) is 11.8. The zero-order chi connectivity index (χ0) is 19.5. The number of pyridine rings is 1. The minimum absolute atomic E-state index is 0.200. The second-order valence-corrected chi connectivity index (χ2v) is 7.20. The van der Waals surface area contributed by atoms with Gasteiger partial charge >= 0.3 is 0 Å². The third-order valence-electron chi connectivity index (χ3n) is 5.56. The van der Waals surface area contributed by atoms with Gasteiger partial charge in [-0.15, -0.1) is 0 Å². The highest BCUT2D eigenvalue weighted by Crippen LogP contribution is 2.29. The second-order valence-electron chi connectivity index (χ2n) is 7.20. The van der Waals surface area contributed by atoms with Crippen molar-refractivity contribution in [3.05, 3.63) is 54.0 Å². The van der Waals surface area contributed by atoms with Crippen LogP contribution in [-0.4, -0.2) is 45.5 Å². The van der Waals surface area contributed by atoms with E-state index in [1.54, 1.807) is 7.11 Å². The van der Waals surface area contributed by atoms with E-state index in [1.807, 2.05) is 47.5 Å². The molecule has 28 heavy (non-hydrogen) atoms. The van der Waals surface area contributed by atoms with Gasteiger partial charge in [0.25, 0.3) is 0 Å². The van der Waals surface area contributed by atoms with Crippen molar-refractivity contribution in [2.75, 3.05) is 20.2 Å². The van der Waals surface area contributed by atoms with Gasteiger partial charge in [-0.2, -0.15) is 0 Å². The summed E-state index contributed by atoms with van der Waals surface area (Å²) in [6.07, 6.45) is 3.95. The summed E-state index contributed by atoms with van der Waals surface area (Å²) in [4.78, 5) is 24.1. The molecule has 1 atom stereocenters. The fraction of sp³-hybridized carbons (Fsp3) is 0.409. The van der Waals surface area contributed by atoms with Crippen molar-refractivity contribution < 1.29 is 9.53 Å². The molecule has 0 radical (unpaired) electrons. The predicted molar refractivity (Wildman–Crippen MR) is 108 cm³/mol. The molecule has 4 rings (SSSR count). The van der Waals surface area contributed by atoms with Gasteiger partial charge in [0.1, 0.15) is 17.1 Å². The first-order chi connectivity index (χ1) is 13.7. The third-order valence-corrected chi connectivity index (χ3v) is 5.56. The third kappa shape index (κ3) is 3.46. The number of likely N-dealkylation sites (tertiary alicyclic amines) is 1. The number of rotatable bonds is 6. The Morgan fingerprint density at radius 3 is 2.93 bits per heavy atom. The van der Waals surface area contributed by atoms with Crippen LogP contribution in [0.5, 0.6) is 5.75 Å². The Morgan fingerprint density at radius 1 is 1.25 bits per heavy atom. The van der Waals surface area contributed by atoms with Crippen LogP contribution >= 0.6 is 0 Å². The monoisotopic (exact) mass is 378 g/mol. The molecule has 6 nitrogen and oxygen atoms in total. The number of fused-ring (bicyclic) bond motifs is 1. The van der Waals surface area contributed by atoms with Crippen LogP contribution in [0.2, 0.25) is 0 Å². The summed E-state index contributed by atoms with van der Waals surface area (Å²) >= 11 is 0. The predicted octanol–water partition coefficient (Wildman–Crippen LogP) is 3.41. The Labute approximate surface area is 165 Å². The van der Waals surface area contributed by atoms with Crippen LogP contribution in [0.4, 0.5) is 0 Å². The van der Waals surface area contributed by atoms with Crippen LogP contribution < -0.4 is 4.74 Å².